The molecule has 35 heavy (non-hydrogen) atoms. The maximum atomic E-state index is 13.5. The van der Waals surface area contributed by atoms with Crippen LogP contribution in [-0.2, 0) is 10.9 Å². The summed E-state index contributed by atoms with van der Waals surface area (Å²) >= 11 is 0. The van der Waals surface area contributed by atoms with Crippen molar-refractivity contribution in [1.29, 1.82) is 0 Å². The quantitative estimate of drug-likeness (QED) is 0.548. The summed E-state index contributed by atoms with van der Waals surface area (Å²) in [6.07, 6.45) is -1.49. The molecule has 2 unspecified atom stereocenters. The van der Waals surface area contributed by atoms with Crippen molar-refractivity contribution in [3.8, 4) is 0 Å². The van der Waals surface area contributed by atoms with Crippen molar-refractivity contribution < 1.29 is 32.3 Å². The van der Waals surface area contributed by atoms with E-state index >= 15 is 0 Å². The van der Waals surface area contributed by atoms with Crippen LogP contribution in [-0.4, -0.2) is 52.8 Å². The second-order valence-corrected chi connectivity index (χ2v) is 9.36. The fraction of sp³-hybridized carbons (Fsp3) is 0.423. The molecule has 2 fully saturated rings. The van der Waals surface area contributed by atoms with Gasteiger partial charge in [0.1, 0.15) is 0 Å². The highest BCUT2D eigenvalue weighted by Crippen LogP contribution is 2.38. The van der Waals surface area contributed by atoms with E-state index < -0.39 is 29.6 Å². The monoisotopic (exact) mass is 486 g/mol. The number of rotatable bonds is 6. The maximum absolute atomic E-state index is 13.5. The molecule has 3 aliphatic rings. The number of halogens is 3. The van der Waals surface area contributed by atoms with Crippen LogP contribution >= 0.6 is 0 Å². The van der Waals surface area contributed by atoms with Gasteiger partial charge in [0, 0.05) is 18.2 Å². The molecular formula is C26H25F3N2O4. The van der Waals surface area contributed by atoms with Gasteiger partial charge < -0.3 is 9.64 Å². The summed E-state index contributed by atoms with van der Waals surface area (Å²) in [5.41, 5.74) is 0.262. The zero-order valence-electron chi connectivity index (χ0n) is 19.2. The molecule has 0 radical (unpaired) electrons. The van der Waals surface area contributed by atoms with Crippen molar-refractivity contribution in [2.24, 2.45) is 0 Å². The summed E-state index contributed by atoms with van der Waals surface area (Å²) < 4.78 is 45.2. The number of carbonyl (C=O) groups excluding carboxylic acids is 3. The number of ether oxygens (including phenoxy) is 1. The second-order valence-electron chi connectivity index (χ2n) is 9.36. The predicted octanol–water partition coefficient (Wildman–Crippen LogP) is 4.85. The van der Waals surface area contributed by atoms with Gasteiger partial charge >= 0.3 is 6.18 Å². The standard InChI is InChI=1S/C26H25F3N2O4/c1-15(16-4-2-5-18(12-16)26(27,28)29)31(19-8-9-19)23(32)17-7-10-21-22(13-17)25(34)30(24(21)33)14-20-6-3-11-35-20/h2,4-5,7,10,12-13,15,19-20H,3,6,8-9,11,14H2,1H3. The number of benzene rings is 2. The average Bonchev–Trinajstić information content (AvgIpc) is 3.48. The van der Waals surface area contributed by atoms with Crippen LogP contribution in [0.1, 0.15) is 80.8 Å². The fourth-order valence-electron chi connectivity index (χ4n) is 4.88. The number of carbonyl (C=O) groups is 3. The fourth-order valence-corrected chi connectivity index (χ4v) is 4.88. The van der Waals surface area contributed by atoms with E-state index in [0.717, 1.165) is 37.8 Å². The summed E-state index contributed by atoms with van der Waals surface area (Å²) in [5, 5.41) is 0. The highest BCUT2D eigenvalue weighted by Gasteiger charge is 2.41. The molecule has 184 valence electrons. The van der Waals surface area contributed by atoms with E-state index in [1.807, 2.05) is 0 Å². The number of hydrogen-bond acceptors (Lipinski definition) is 4. The first-order valence-corrected chi connectivity index (χ1v) is 11.8. The van der Waals surface area contributed by atoms with Gasteiger partial charge in [-0.1, -0.05) is 12.1 Å². The maximum Gasteiger partial charge on any atom is 0.416 e. The van der Waals surface area contributed by atoms with E-state index in [-0.39, 0.29) is 41.3 Å². The van der Waals surface area contributed by atoms with Crippen LogP contribution in [0.5, 0.6) is 0 Å². The Morgan fingerprint density at radius 3 is 2.49 bits per heavy atom. The van der Waals surface area contributed by atoms with Gasteiger partial charge in [-0.05, 0) is 68.5 Å². The molecule has 0 bridgehead atoms. The van der Waals surface area contributed by atoms with Gasteiger partial charge in [-0.15, -0.1) is 0 Å². The molecule has 2 aromatic rings. The molecule has 1 aliphatic carbocycles. The Morgan fingerprint density at radius 1 is 1.09 bits per heavy atom. The molecule has 2 aliphatic heterocycles. The topological polar surface area (TPSA) is 66.9 Å². The molecule has 9 heteroatoms. The van der Waals surface area contributed by atoms with E-state index in [4.69, 9.17) is 4.74 Å². The van der Waals surface area contributed by atoms with Crippen molar-refractivity contribution in [2.75, 3.05) is 13.2 Å². The number of hydrogen-bond donors (Lipinski definition) is 0. The van der Waals surface area contributed by atoms with Crippen LogP contribution in [0.15, 0.2) is 42.5 Å². The molecule has 0 N–H and O–H groups in total. The minimum absolute atomic E-state index is 0.0892. The number of alkyl halides is 3. The molecule has 2 atom stereocenters. The first-order valence-electron chi connectivity index (χ1n) is 11.8. The number of nitrogens with zero attached hydrogens (tertiary/aromatic N) is 2. The molecule has 5 rings (SSSR count). The lowest BCUT2D eigenvalue weighted by molar-refractivity contribution is -0.137. The Morgan fingerprint density at radius 2 is 1.83 bits per heavy atom. The van der Waals surface area contributed by atoms with Gasteiger partial charge in [-0.3, -0.25) is 19.3 Å². The van der Waals surface area contributed by atoms with E-state index in [0.29, 0.717) is 12.2 Å². The lowest BCUT2D eigenvalue weighted by Gasteiger charge is -2.30. The molecule has 1 saturated carbocycles. The van der Waals surface area contributed by atoms with Gasteiger partial charge in [0.25, 0.3) is 17.7 Å². The Bertz CT molecular complexity index is 1190. The average molecular weight is 486 g/mol. The van der Waals surface area contributed by atoms with Crippen LogP contribution < -0.4 is 0 Å². The highest BCUT2D eigenvalue weighted by atomic mass is 19.4. The number of amides is 3. The van der Waals surface area contributed by atoms with Crippen LogP contribution in [0.3, 0.4) is 0 Å². The molecule has 0 spiro atoms. The van der Waals surface area contributed by atoms with Crippen LogP contribution in [0, 0.1) is 0 Å². The zero-order valence-corrected chi connectivity index (χ0v) is 19.2. The minimum Gasteiger partial charge on any atom is -0.376 e. The highest BCUT2D eigenvalue weighted by molar-refractivity contribution is 6.22. The lowest BCUT2D eigenvalue weighted by Crippen LogP contribution is -2.36. The molecular weight excluding hydrogens is 461 g/mol. The smallest absolute Gasteiger partial charge is 0.376 e. The summed E-state index contributed by atoms with van der Waals surface area (Å²) in [7, 11) is 0. The molecule has 3 amide bonds. The Kier molecular flexibility index (Phi) is 5.91. The normalized spacial score (nSPS) is 20.8. The third-order valence-electron chi connectivity index (χ3n) is 6.92. The van der Waals surface area contributed by atoms with Crippen LogP contribution in [0.4, 0.5) is 13.2 Å². The van der Waals surface area contributed by atoms with Crippen molar-refractivity contribution in [1.82, 2.24) is 9.80 Å². The third-order valence-corrected chi connectivity index (χ3v) is 6.92. The Balaban J connectivity index is 1.40. The van der Waals surface area contributed by atoms with Crippen molar-refractivity contribution >= 4 is 17.7 Å². The van der Waals surface area contributed by atoms with Gasteiger partial charge in [0.15, 0.2) is 0 Å². The van der Waals surface area contributed by atoms with Crippen molar-refractivity contribution in [2.45, 2.75) is 57.0 Å². The minimum atomic E-state index is -4.48. The Labute approximate surface area is 200 Å². The molecule has 1 saturated heterocycles. The van der Waals surface area contributed by atoms with E-state index in [1.54, 1.807) is 17.9 Å². The van der Waals surface area contributed by atoms with E-state index in [2.05, 4.69) is 0 Å². The third kappa shape index (κ3) is 4.45. The van der Waals surface area contributed by atoms with E-state index in [1.165, 1.54) is 29.2 Å². The molecule has 6 nitrogen and oxygen atoms in total. The molecule has 0 aromatic heterocycles. The summed E-state index contributed by atoms with van der Waals surface area (Å²) in [5.74, 6) is -1.24. The van der Waals surface area contributed by atoms with Gasteiger partial charge in [-0.2, -0.15) is 13.2 Å². The first kappa shape index (κ1) is 23.5. The van der Waals surface area contributed by atoms with E-state index in [9.17, 15) is 27.6 Å². The SMILES string of the molecule is CC(c1cccc(C(F)(F)F)c1)N(C(=O)c1ccc2c(c1)C(=O)N(CC1CCCO1)C2=O)C1CC1. The van der Waals surface area contributed by atoms with Crippen LogP contribution in [0.2, 0.25) is 0 Å². The van der Waals surface area contributed by atoms with Crippen LogP contribution in [0.25, 0.3) is 0 Å². The van der Waals surface area contributed by atoms with Gasteiger partial charge in [0.05, 0.1) is 35.4 Å². The molecule has 2 aromatic carbocycles. The predicted molar refractivity (Wildman–Crippen MR) is 120 cm³/mol. The number of fused-ring (bicyclic) bond motifs is 1. The largest absolute Gasteiger partial charge is 0.416 e. The number of imide groups is 1. The first-order chi connectivity index (χ1) is 16.6. The summed E-state index contributed by atoms with van der Waals surface area (Å²) in [6, 6.07) is 8.73. The summed E-state index contributed by atoms with van der Waals surface area (Å²) in [4.78, 5) is 42.1. The van der Waals surface area contributed by atoms with Crippen molar-refractivity contribution in [3.05, 3.63) is 70.3 Å². The van der Waals surface area contributed by atoms with Crippen molar-refractivity contribution in [3.63, 3.8) is 0 Å². The lowest BCUT2D eigenvalue weighted by atomic mass is 10.0. The molecule has 2 heterocycles. The second kappa shape index (κ2) is 8.78. The van der Waals surface area contributed by atoms with Gasteiger partial charge in [0.2, 0.25) is 0 Å². The Hall–Kier alpha value is -3.20. The van der Waals surface area contributed by atoms with Gasteiger partial charge in [-0.25, -0.2) is 0 Å². The summed E-state index contributed by atoms with van der Waals surface area (Å²) in [6.45, 7) is 2.49. The zero-order chi connectivity index (χ0) is 24.9.